The highest BCUT2D eigenvalue weighted by Gasteiger charge is 2.21. The molecule has 0 aromatic heterocycles. The summed E-state index contributed by atoms with van der Waals surface area (Å²) in [5.74, 6) is -0.802. The second-order valence-corrected chi connectivity index (χ2v) is 6.06. The van der Waals surface area contributed by atoms with Crippen LogP contribution < -0.4 is 5.32 Å². The molecule has 1 amide bonds. The van der Waals surface area contributed by atoms with Crippen molar-refractivity contribution in [2.24, 2.45) is 0 Å². The molecule has 1 N–H and O–H groups in total. The van der Waals surface area contributed by atoms with Crippen LogP contribution in [0, 0.1) is 5.82 Å². The molecule has 0 unspecified atom stereocenters. The van der Waals surface area contributed by atoms with Gasteiger partial charge in [0.1, 0.15) is 5.82 Å². The molecule has 0 radical (unpaired) electrons. The van der Waals surface area contributed by atoms with Gasteiger partial charge in [-0.1, -0.05) is 11.6 Å². The molecule has 0 bridgehead atoms. The molecule has 1 saturated heterocycles. The monoisotopic (exact) mass is 348 g/mol. The largest absolute Gasteiger partial charge is 0.349 e. The first-order chi connectivity index (χ1) is 8.97. The Hall–Kier alpha value is -0.650. The van der Waals surface area contributed by atoms with E-state index in [4.69, 9.17) is 11.6 Å². The molecule has 3 nitrogen and oxygen atoms in total. The van der Waals surface area contributed by atoms with Gasteiger partial charge < -0.3 is 10.2 Å². The topological polar surface area (TPSA) is 32.3 Å². The Kier molecular flexibility index (Phi) is 4.81. The Balaban J connectivity index is 2.06. The summed E-state index contributed by atoms with van der Waals surface area (Å²) in [6.45, 7) is 1.90. The number of piperidine rings is 1. The van der Waals surface area contributed by atoms with E-state index >= 15 is 0 Å². The van der Waals surface area contributed by atoms with Crippen LogP contribution in [0.3, 0.4) is 0 Å². The lowest BCUT2D eigenvalue weighted by atomic mass is 10.0. The minimum atomic E-state index is -0.488. The molecule has 2 rings (SSSR count). The van der Waals surface area contributed by atoms with E-state index in [1.807, 2.05) is 0 Å². The smallest absolute Gasteiger partial charge is 0.253 e. The van der Waals surface area contributed by atoms with E-state index in [9.17, 15) is 9.18 Å². The van der Waals surface area contributed by atoms with Crippen molar-refractivity contribution in [1.82, 2.24) is 10.2 Å². The first-order valence-electron chi connectivity index (χ1n) is 6.11. The van der Waals surface area contributed by atoms with Crippen LogP contribution in [0.4, 0.5) is 4.39 Å². The standard InChI is InChI=1S/C13H15BrClFN2O/c1-18-4-2-8(3-5-18)17-13(19)9-6-12(16)10(14)7-11(9)15/h6-8H,2-5H2,1H3,(H,17,19). The number of nitrogens with zero attached hydrogens (tertiary/aromatic N) is 1. The molecule has 0 atom stereocenters. The average Bonchev–Trinajstić information content (AvgIpc) is 2.36. The normalized spacial score (nSPS) is 17.5. The summed E-state index contributed by atoms with van der Waals surface area (Å²) in [5.41, 5.74) is 0.182. The maximum absolute atomic E-state index is 13.5. The predicted molar refractivity (Wildman–Crippen MR) is 77.1 cm³/mol. The van der Waals surface area contributed by atoms with Crippen molar-refractivity contribution in [3.8, 4) is 0 Å². The van der Waals surface area contributed by atoms with Crippen molar-refractivity contribution in [3.05, 3.63) is 33.0 Å². The van der Waals surface area contributed by atoms with Crippen molar-refractivity contribution in [2.75, 3.05) is 20.1 Å². The highest BCUT2D eigenvalue weighted by molar-refractivity contribution is 9.10. The van der Waals surface area contributed by atoms with Gasteiger partial charge in [-0.25, -0.2) is 4.39 Å². The number of likely N-dealkylation sites (tertiary alicyclic amines) is 1. The van der Waals surface area contributed by atoms with Crippen LogP contribution in [0.1, 0.15) is 23.2 Å². The molecule has 6 heteroatoms. The molecular weight excluding hydrogens is 335 g/mol. The molecule has 1 fully saturated rings. The van der Waals surface area contributed by atoms with E-state index < -0.39 is 5.82 Å². The fraction of sp³-hybridized carbons (Fsp3) is 0.462. The fourth-order valence-electron chi connectivity index (χ4n) is 2.11. The van der Waals surface area contributed by atoms with Crippen LogP contribution in [0.25, 0.3) is 0 Å². The number of carbonyl (C=O) groups is 1. The van der Waals surface area contributed by atoms with Gasteiger partial charge in [0.25, 0.3) is 5.91 Å². The van der Waals surface area contributed by atoms with E-state index in [0.29, 0.717) is 0 Å². The van der Waals surface area contributed by atoms with Crippen LogP contribution in [-0.4, -0.2) is 37.0 Å². The Morgan fingerprint density at radius 1 is 1.47 bits per heavy atom. The number of carbonyl (C=O) groups excluding carboxylic acids is 1. The van der Waals surface area contributed by atoms with E-state index in [1.165, 1.54) is 6.07 Å². The average molecular weight is 350 g/mol. The minimum absolute atomic E-state index is 0.131. The van der Waals surface area contributed by atoms with Crippen LogP contribution in [0.5, 0.6) is 0 Å². The van der Waals surface area contributed by atoms with Crippen molar-refractivity contribution >= 4 is 33.4 Å². The van der Waals surface area contributed by atoms with Crippen molar-refractivity contribution in [1.29, 1.82) is 0 Å². The van der Waals surface area contributed by atoms with E-state index in [0.717, 1.165) is 32.0 Å². The Labute approximate surface area is 125 Å². The number of benzene rings is 1. The molecule has 104 valence electrons. The van der Waals surface area contributed by atoms with Gasteiger partial charge in [-0.3, -0.25) is 4.79 Å². The summed E-state index contributed by atoms with van der Waals surface area (Å²) in [7, 11) is 2.05. The second kappa shape index (κ2) is 6.20. The van der Waals surface area contributed by atoms with E-state index in [-0.39, 0.29) is 27.0 Å². The third-order valence-electron chi connectivity index (χ3n) is 3.31. The highest BCUT2D eigenvalue weighted by Crippen LogP contribution is 2.25. The van der Waals surface area contributed by atoms with Gasteiger partial charge in [0.2, 0.25) is 0 Å². The third kappa shape index (κ3) is 3.68. The maximum Gasteiger partial charge on any atom is 0.253 e. The molecular formula is C13H15BrClFN2O. The minimum Gasteiger partial charge on any atom is -0.349 e. The summed E-state index contributed by atoms with van der Waals surface area (Å²) in [6.07, 6.45) is 1.80. The first-order valence-corrected chi connectivity index (χ1v) is 7.28. The zero-order valence-electron chi connectivity index (χ0n) is 10.5. The van der Waals surface area contributed by atoms with Gasteiger partial charge in [0, 0.05) is 6.04 Å². The number of rotatable bonds is 2. The Morgan fingerprint density at radius 2 is 2.11 bits per heavy atom. The number of halogens is 3. The number of nitrogens with one attached hydrogen (secondary N) is 1. The quantitative estimate of drug-likeness (QED) is 0.832. The van der Waals surface area contributed by atoms with Crippen molar-refractivity contribution < 1.29 is 9.18 Å². The van der Waals surface area contributed by atoms with Crippen molar-refractivity contribution in [2.45, 2.75) is 18.9 Å². The molecule has 0 aliphatic carbocycles. The van der Waals surface area contributed by atoms with Gasteiger partial charge >= 0.3 is 0 Å². The Bertz CT molecular complexity index is 490. The first kappa shape index (κ1) is 14.8. The molecule has 0 spiro atoms. The molecule has 1 aromatic carbocycles. The summed E-state index contributed by atoms with van der Waals surface area (Å²) in [5, 5.41) is 3.16. The van der Waals surface area contributed by atoms with Crippen LogP contribution >= 0.6 is 27.5 Å². The number of amides is 1. The van der Waals surface area contributed by atoms with Crippen LogP contribution in [-0.2, 0) is 0 Å². The van der Waals surface area contributed by atoms with Gasteiger partial charge in [0.05, 0.1) is 15.1 Å². The molecule has 0 saturated carbocycles. The summed E-state index contributed by atoms with van der Waals surface area (Å²) in [4.78, 5) is 14.3. The fourth-order valence-corrected chi connectivity index (χ4v) is 2.84. The molecule has 1 aromatic rings. The molecule has 1 aliphatic heterocycles. The zero-order chi connectivity index (χ0) is 14.0. The predicted octanol–water partition coefficient (Wildman–Crippen LogP) is 3.07. The summed E-state index contributed by atoms with van der Waals surface area (Å²) >= 11 is 9.01. The third-order valence-corrected chi connectivity index (χ3v) is 4.23. The van der Waals surface area contributed by atoms with Crippen LogP contribution in [0.15, 0.2) is 16.6 Å². The van der Waals surface area contributed by atoms with E-state index in [2.05, 4.69) is 33.2 Å². The lowest BCUT2D eigenvalue weighted by molar-refractivity contribution is 0.0916. The lowest BCUT2D eigenvalue weighted by Crippen LogP contribution is -2.43. The Morgan fingerprint density at radius 3 is 2.74 bits per heavy atom. The molecule has 1 aliphatic rings. The van der Waals surface area contributed by atoms with E-state index in [1.54, 1.807) is 0 Å². The summed E-state index contributed by atoms with van der Waals surface area (Å²) < 4.78 is 13.7. The highest BCUT2D eigenvalue weighted by atomic mass is 79.9. The summed E-state index contributed by atoms with van der Waals surface area (Å²) in [6, 6.07) is 2.70. The number of hydrogen-bond acceptors (Lipinski definition) is 2. The number of hydrogen-bond donors (Lipinski definition) is 1. The lowest BCUT2D eigenvalue weighted by Gasteiger charge is -2.29. The van der Waals surface area contributed by atoms with Crippen molar-refractivity contribution in [3.63, 3.8) is 0 Å². The maximum atomic E-state index is 13.5. The van der Waals surface area contributed by atoms with Gasteiger partial charge in [-0.05, 0) is 61.0 Å². The SMILES string of the molecule is CN1CCC(NC(=O)c2cc(F)c(Br)cc2Cl)CC1. The van der Waals surface area contributed by atoms with Gasteiger partial charge in [0.15, 0.2) is 0 Å². The zero-order valence-corrected chi connectivity index (χ0v) is 12.9. The second-order valence-electron chi connectivity index (χ2n) is 4.80. The van der Waals surface area contributed by atoms with Gasteiger partial charge in [-0.15, -0.1) is 0 Å². The van der Waals surface area contributed by atoms with Gasteiger partial charge in [-0.2, -0.15) is 0 Å². The molecule has 1 heterocycles. The molecule has 19 heavy (non-hydrogen) atoms. The van der Waals surface area contributed by atoms with Crippen LogP contribution in [0.2, 0.25) is 5.02 Å².